The van der Waals surface area contributed by atoms with E-state index in [9.17, 15) is 4.79 Å². The first-order valence-electron chi connectivity index (χ1n) is 7.77. The number of para-hydroxylation sites is 1. The van der Waals surface area contributed by atoms with Crippen molar-refractivity contribution >= 4 is 23.4 Å². The molecule has 1 aromatic rings. The number of nitrogens with zero attached hydrogens (tertiary/aromatic N) is 1. The fraction of sp³-hybridized carbons (Fsp3) is 0.588. The third kappa shape index (κ3) is 5.04. The summed E-state index contributed by atoms with van der Waals surface area (Å²) >= 11 is 1.55. The molecule has 0 saturated heterocycles. The molecular weight excluding hydrogens is 280 g/mol. The highest BCUT2D eigenvalue weighted by Crippen LogP contribution is 2.24. The Morgan fingerprint density at radius 3 is 2.71 bits per heavy atom. The first-order valence-corrected chi connectivity index (χ1v) is 9.17. The molecule has 2 rings (SSSR count). The molecule has 21 heavy (non-hydrogen) atoms. The van der Waals surface area contributed by atoms with Gasteiger partial charge in [-0.15, -0.1) is 0 Å². The Bertz CT molecular complexity index is 458. The summed E-state index contributed by atoms with van der Waals surface area (Å²) in [4.78, 5) is 14.2. The number of hydrogen-bond acceptors (Lipinski definition) is 3. The van der Waals surface area contributed by atoms with Crippen LogP contribution < -0.4 is 5.32 Å². The zero-order valence-electron chi connectivity index (χ0n) is 13.1. The van der Waals surface area contributed by atoms with Gasteiger partial charge in [0.15, 0.2) is 0 Å². The van der Waals surface area contributed by atoms with E-state index in [2.05, 4.69) is 23.3 Å². The number of rotatable bonds is 6. The summed E-state index contributed by atoms with van der Waals surface area (Å²) in [7, 11) is 2.20. The average molecular weight is 306 g/mol. The van der Waals surface area contributed by atoms with Gasteiger partial charge in [0, 0.05) is 18.3 Å². The van der Waals surface area contributed by atoms with Crippen molar-refractivity contribution in [2.75, 3.05) is 24.4 Å². The van der Waals surface area contributed by atoms with Gasteiger partial charge < -0.3 is 5.32 Å². The van der Waals surface area contributed by atoms with Crippen molar-refractivity contribution in [3.63, 3.8) is 0 Å². The van der Waals surface area contributed by atoms with E-state index in [1.807, 2.05) is 24.5 Å². The Kier molecular flexibility index (Phi) is 6.58. The van der Waals surface area contributed by atoms with Crippen LogP contribution in [0, 0.1) is 0 Å². The van der Waals surface area contributed by atoms with E-state index in [-0.39, 0.29) is 5.91 Å². The topological polar surface area (TPSA) is 32.3 Å². The van der Waals surface area contributed by atoms with Crippen molar-refractivity contribution < 1.29 is 4.79 Å². The molecule has 1 fully saturated rings. The number of benzene rings is 1. The SMILES string of the molecule is CSCC(=O)Nc1ccccc1CN(C)C1CCCCC1. The summed E-state index contributed by atoms with van der Waals surface area (Å²) in [5, 5.41) is 3.03. The smallest absolute Gasteiger partial charge is 0.234 e. The number of amides is 1. The number of thioether (sulfide) groups is 1. The van der Waals surface area contributed by atoms with Gasteiger partial charge in [-0.2, -0.15) is 11.8 Å². The fourth-order valence-electron chi connectivity index (χ4n) is 3.02. The third-order valence-electron chi connectivity index (χ3n) is 4.18. The van der Waals surface area contributed by atoms with Crippen LogP contribution in [0.25, 0.3) is 0 Å². The number of carbonyl (C=O) groups excluding carboxylic acids is 1. The first-order chi connectivity index (χ1) is 10.2. The molecule has 1 amide bonds. The summed E-state index contributed by atoms with van der Waals surface area (Å²) in [6.45, 7) is 0.903. The van der Waals surface area contributed by atoms with Crippen LogP contribution in [0.3, 0.4) is 0 Å². The highest BCUT2D eigenvalue weighted by Gasteiger charge is 2.19. The zero-order chi connectivity index (χ0) is 15.1. The molecule has 1 N–H and O–H groups in total. The molecule has 3 nitrogen and oxygen atoms in total. The third-order valence-corrected chi connectivity index (χ3v) is 4.74. The monoisotopic (exact) mass is 306 g/mol. The van der Waals surface area contributed by atoms with Crippen LogP contribution in [0.5, 0.6) is 0 Å². The van der Waals surface area contributed by atoms with Gasteiger partial charge in [-0.25, -0.2) is 0 Å². The zero-order valence-corrected chi connectivity index (χ0v) is 13.9. The lowest BCUT2D eigenvalue weighted by Gasteiger charge is -2.31. The molecule has 0 bridgehead atoms. The second-order valence-corrected chi connectivity index (χ2v) is 6.71. The second kappa shape index (κ2) is 8.44. The van der Waals surface area contributed by atoms with Crippen LogP contribution in [0.1, 0.15) is 37.7 Å². The summed E-state index contributed by atoms with van der Waals surface area (Å²) < 4.78 is 0. The number of nitrogens with one attached hydrogen (secondary N) is 1. The van der Waals surface area contributed by atoms with Gasteiger partial charge in [-0.3, -0.25) is 9.69 Å². The normalized spacial score (nSPS) is 16.1. The van der Waals surface area contributed by atoms with E-state index in [4.69, 9.17) is 0 Å². The molecule has 1 saturated carbocycles. The van der Waals surface area contributed by atoms with Crippen LogP contribution in [0.4, 0.5) is 5.69 Å². The van der Waals surface area contributed by atoms with Gasteiger partial charge in [0.2, 0.25) is 5.91 Å². The predicted molar refractivity (Wildman–Crippen MR) is 91.8 cm³/mol. The minimum Gasteiger partial charge on any atom is -0.325 e. The maximum absolute atomic E-state index is 11.8. The summed E-state index contributed by atoms with van der Waals surface area (Å²) in [5.41, 5.74) is 2.17. The van der Waals surface area contributed by atoms with E-state index in [0.717, 1.165) is 12.2 Å². The Morgan fingerprint density at radius 1 is 1.29 bits per heavy atom. The van der Waals surface area contributed by atoms with Crippen molar-refractivity contribution in [3.05, 3.63) is 29.8 Å². The van der Waals surface area contributed by atoms with Crippen molar-refractivity contribution in [2.45, 2.75) is 44.7 Å². The highest BCUT2D eigenvalue weighted by molar-refractivity contribution is 7.99. The van der Waals surface area contributed by atoms with Gasteiger partial charge in [0.05, 0.1) is 5.75 Å². The molecule has 0 spiro atoms. The molecule has 0 atom stereocenters. The molecule has 0 heterocycles. The van der Waals surface area contributed by atoms with Crippen LogP contribution in [-0.4, -0.2) is 35.9 Å². The molecule has 1 aromatic carbocycles. The number of anilines is 1. The van der Waals surface area contributed by atoms with E-state index < -0.39 is 0 Å². The Balaban J connectivity index is 2.00. The van der Waals surface area contributed by atoms with E-state index in [1.165, 1.54) is 37.7 Å². The average Bonchev–Trinajstić information content (AvgIpc) is 2.50. The molecule has 4 heteroatoms. The first kappa shape index (κ1) is 16.4. The number of carbonyl (C=O) groups is 1. The molecule has 0 aromatic heterocycles. The lowest BCUT2D eigenvalue weighted by Crippen LogP contribution is -2.33. The molecule has 1 aliphatic carbocycles. The minimum absolute atomic E-state index is 0.0790. The van der Waals surface area contributed by atoms with Crippen molar-refractivity contribution in [1.29, 1.82) is 0 Å². The molecule has 116 valence electrons. The molecule has 0 aliphatic heterocycles. The van der Waals surface area contributed by atoms with Crippen LogP contribution in [-0.2, 0) is 11.3 Å². The van der Waals surface area contributed by atoms with Gasteiger partial charge in [-0.1, -0.05) is 37.5 Å². The van der Waals surface area contributed by atoms with Crippen LogP contribution >= 0.6 is 11.8 Å². The summed E-state index contributed by atoms with van der Waals surface area (Å²) in [5.74, 6) is 0.586. The quantitative estimate of drug-likeness (QED) is 0.868. The lowest BCUT2D eigenvalue weighted by molar-refractivity contribution is -0.113. The largest absolute Gasteiger partial charge is 0.325 e. The maximum atomic E-state index is 11.8. The van der Waals surface area contributed by atoms with Crippen LogP contribution in [0.15, 0.2) is 24.3 Å². The number of hydrogen-bond donors (Lipinski definition) is 1. The van der Waals surface area contributed by atoms with E-state index in [0.29, 0.717) is 11.8 Å². The predicted octanol–water partition coefficient (Wildman–Crippen LogP) is 3.75. The van der Waals surface area contributed by atoms with Crippen molar-refractivity contribution in [3.8, 4) is 0 Å². The highest BCUT2D eigenvalue weighted by atomic mass is 32.2. The molecule has 0 radical (unpaired) electrons. The van der Waals surface area contributed by atoms with E-state index in [1.54, 1.807) is 11.8 Å². The molecule has 1 aliphatic rings. The van der Waals surface area contributed by atoms with Gasteiger partial charge in [-0.05, 0) is 37.8 Å². The summed E-state index contributed by atoms with van der Waals surface area (Å²) in [6, 6.07) is 8.84. The molecule has 0 unspecified atom stereocenters. The lowest BCUT2D eigenvalue weighted by atomic mass is 9.94. The Labute approximate surface area is 132 Å². The standard InChI is InChI=1S/C17H26N2OS/c1-19(15-9-4-3-5-10-15)12-14-8-6-7-11-16(14)18-17(20)13-21-2/h6-8,11,15H,3-5,9-10,12-13H2,1-2H3,(H,18,20). The van der Waals surface area contributed by atoms with Gasteiger partial charge >= 0.3 is 0 Å². The Morgan fingerprint density at radius 2 is 2.00 bits per heavy atom. The van der Waals surface area contributed by atoms with Crippen molar-refractivity contribution in [2.24, 2.45) is 0 Å². The van der Waals surface area contributed by atoms with Crippen molar-refractivity contribution in [1.82, 2.24) is 4.90 Å². The summed E-state index contributed by atoms with van der Waals surface area (Å²) in [6.07, 6.45) is 8.63. The minimum atomic E-state index is 0.0790. The maximum Gasteiger partial charge on any atom is 0.234 e. The van der Waals surface area contributed by atoms with E-state index >= 15 is 0 Å². The van der Waals surface area contributed by atoms with Gasteiger partial charge in [0.1, 0.15) is 0 Å². The second-order valence-electron chi connectivity index (χ2n) is 5.85. The Hall–Kier alpha value is -1.00. The van der Waals surface area contributed by atoms with Crippen LogP contribution in [0.2, 0.25) is 0 Å². The van der Waals surface area contributed by atoms with Gasteiger partial charge in [0.25, 0.3) is 0 Å². The molecular formula is C17H26N2OS. The fourth-order valence-corrected chi connectivity index (χ4v) is 3.35.